The Morgan fingerprint density at radius 2 is 1.76 bits per heavy atom. The molecule has 0 aliphatic carbocycles. The number of anilines is 1. The van der Waals surface area contributed by atoms with Gasteiger partial charge in [0.15, 0.2) is 5.75 Å². The maximum absolute atomic E-state index is 9.00. The Kier molecular flexibility index (Phi) is 3.90. The van der Waals surface area contributed by atoms with Gasteiger partial charge in [0.25, 0.3) is 0 Å². The Balaban J connectivity index is 2.49. The van der Waals surface area contributed by atoms with Crippen LogP contribution in [0, 0.1) is 18.3 Å². The molecule has 2 N–H and O–H groups in total. The average molecular weight is 280 g/mol. The number of aryl methyl sites for hydroxylation is 1. The van der Waals surface area contributed by atoms with E-state index in [1.165, 1.54) is 0 Å². The van der Waals surface area contributed by atoms with Gasteiger partial charge in [0, 0.05) is 11.6 Å². The lowest BCUT2D eigenvalue weighted by Crippen LogP contribution is -2.12. The molecule has 0 saturated carbocycles. The van der Waals surface area contributed by atoms with Crippen molar-refractivity contribution < 1.29 is 4.74 Å². The number of nitrogen functional groups attached to an aromatic ring is 1. The molecule has 0 aromatic heterocycles. The summed E-state index contributed by atoms with van der Waals surface area (Å²) in [5, 5.41) is 9.00. The van der Waals surface area contributed by atoms with E-state index in [0.29, 0.717) is 17.0 Å². The highest BCUT2D eigenvalue weighted by atomic mass is 16.5. The molecule has 0 bridgehead atoms. The third kappa shape index (κ3) is 3.35. The first-order chi connectivity index (χ1) is 9.81. The number of benzene rings is 2. The van der Waals surface area contributed by atoms with Crippen LogP contribution in [0.25, 0.3) is 0 Å². The van der Waals surface area contributed by atoms with Crippen LogP contribution in [0.2, 0.25) is 0 Å². The van der Waals surface area contributed by atoms with E-state index in [1.54, 1.807) is 18.2 Å². The molecule has 2 aromatic carbocycles. The fourth-order valence-electron chi connectivity index (χ4n) is 2.14. The second kappa shape index (κ2) is 5.49. The van der Waals surface area contributed by atoms with Gasteiger partial charge >= 0.3 is 0 Å². The molecule has 0 unspecified atom stereocenters. The molecule has 0 fully saturated rings. The van der Waals surface area contributed by atoms with Crippen LogP contribution >= 0.6 is 0 Å². The number of nitrogens with two attached hydrogens (primary N) is 1. The van der Waals surface area contributed by atoms with E-state index in [2.05, 4.69) is 39.0 Å². The lowest BCUT2D eigenvalue weighted by atomic mass is 9.86. The van der Waals surface area contributed by atoms with Crippen LogP contribution in [0.1, 0.15) is 37.5 Å². The van der Waals surface area contributed by atoms with Crippen molar-refractivity contribution in [3.63, 3.8) is 0 Å². The number of hydrogen-bond donors (Lipinski definition) is 1. The SMILES string of the molecule is Cc1ccc(C(C)(C)C)c(Oc2cc(C#N)ccc2N)c1. The van der Waals surface area contributed by atoms with E-state index < -0.39 is 0 Å². The summed E-state index contributed by atoms with van der Waals surface area (Å²) in [6.45, 7) is 8.44. The summed E-state index contributed by atoms with van der Waals surface area (Å²) in [7, 11) is 0. The Bertz CT molecular complexity index is 706. The first-order valence-corrected chi connectivity index (χ1v) is 6.90. The lowest BCUT2D eigenvalue weighted by molar-refractivity contribution is 0.456. The second-order valence-corrected chi connectivity index (χ2v) is 6.22. The molecule has 0 radical (unpaired) electrons. The normalized spacial score (nSPS) is 11.0. The molecule has 2 aromatic rings. The molecular formula is C18H20N2O. The predicted molar refractivity (Wildman–Crippen MR) is 85.5 cm³/mol. The highest BCUT2D eigenvalue weighted by Gasteiger charge is 2.20. The fourth-order valence-corrected chi connectivity index (χ4v) is 2.14. The van der Waals surface area contributed by atoms with Crippen molar-refractivity contribution in [2.24, 2.45) is 0 Å². The first kappa shape index (κ1) is 14.9. The largest absolute Gasteiger partial charge is 0.455 e. The third-order valence-electron chi connectivity index (χ3n) is 3.31. The van der Waals surface area contributed by atoms with Crippen LogP contribution < -0.4 is 10.5 Å². The summed E-state index contributed by atoms with van der Waals surface area (Å²) in [6, 6.07) is 13.3. The minimum absolute atomic E-state index is 0.0371. The molecule has 108 valence electrons. The van der Waals surface area contributed by atoms with Crippen molar-refractivity contribution in [1.82, 2.24) is 0 Å². The molecule has 0 amide bonds. The van der Waals surface area contributed by atoms with Crippen molar-refractivity contribution in [2.45, 2.75) is 33.1 Å². The summed E-state index contributed by atoms with van der Waals surface area (Å²) in [4.78, 5) is 0. The number of hydrogen-bond acceptors (Lipinski definition) is 3. The van der Waals surface area contributed by atoms with E-state index >= 15 is 0 Å². The maximum atomic E-state index is 9.00. The topological polar surface area (TPSA) is 59.0 Å². The average Bonchev–Trinajstić information content (AvgIpc) is 2.40. The second-order valence-electron chi connectivity index (χ2n) is 6.22. The van der Waals surface area contributed by atoms with Gasteiger partial charge < -0.3 is 10.5 Å². The lowest BCUT2D eigenvalue weighted by Gasteiger charge is -2.23. The van der Waals surface area contributed by atoms with Crippen LogP contribution in [0.5, 0.6) is 11.5 Å². The molecule has 0 atom stereocenters. The Morgan fingerprint density at radius 3 is 2.38 bits per heavy atom. The molecule has 3 heteroatoms. The smallest absolute Gasteiger partial charge is 0.151 e. The van der Waals surface area contributed by atoms with E-state index in [9.17, 15) is 0 Å². The van der Waals surface area contributed by atoms with Gasteiger partial charge in [0.1, 0.15) is 5.75 Å². The Hall–Kier alpha value is -2.47. The summed E-state index contributed by atoms with van der Waals surface area (Å²) < 4.78 is 6.01. The van der Waals surface area contributed by atoms with Crippen LogP contribution in [0.3, 0.4) is 0 Å². The van der Waals surface area contributed by atoms with Gasteiger partial charge in [0.2, 0.25) is 0 Å². The molecule has 3 nitrogen and oxygen atoms in total. The van der Waals surface area contributed by atoms with Crippen molar-refractivity contribution >= 4 is 5.69 Å². The van der Waals surface area contributed by atoms with Gasteiger partial charge in [-0.3, -0.25) is 0 Å². The zero-order valence-corrected chi connectivity index (χ0v) is 12.9. The highest BCUT2D eigenvalue weighted by molar-refractivity contribution is 5.58. The van der Waals surface area contributed by atoms with Crippen molar-refractivity contribution in [3.8, 4) is 17.6 Å². The summed E-state index contributed by atoms with van der Waals surface area (Å²) in [5.74, 6) is 1.30. The summed E-state index contributed by atoms with van der Waals surface area (Å²) in [6.07, 6.45) is 0. The predicted octanol–water partition coefficient (Wildman–Crippen LogP) is 4.54. The minimum Gasteiger partial charge on any atom is -0.455 e. The molecule has 0 aliphatic rings. The van der Waals surface area contributed by atoms with Gasteiger partial charge in [-0.1, -0.05) is 32.9 Å². The van der Waals surface area contributed by atoms with Gasteiger partial charge in [0.05, 0.1) is 17.3 Å². The van der Waals surface area contributed by atoms with Crippen LogP contribution in [0.15, 0.2) is 36.4 Å². The summed E-state index contributed by atoms with van der Waals surface area (Å²) in [5.41, 5.74) is 9.20. The monoisotopic (exact) mass is 280 g/mol. The van der Waals surface area contributed by atoms with Crippen LogP contribution in [-0.4, -0.2) is 0 Å². The molecule has 21 heavy (non-hydrogen) atoms. The van der Waals surface area contributed by atoms with Gasteiger partial charge in [-0.05, 0) is 36.1 Å². The molecule has 0 heterocycles. The van der Waals surface area contributed by atoms with E-state index in [1.807, 2.05) is 13.0 Å². The third-order valence-corrected chi connectivity index (χ3v) is 3.31. The molecule has 2 rings (SSSR count). The number of nitrogens with zero attached hydrogens (tertiary/aromatic N) is 1. The van der Waals surface area contributed by atoms with Crippen LogP contribution in [-0.2, 0) is 5.41 Å². The standard InChI is InChI=1S/C18H20N2O/c1-12-5-7-14(18(2,3)4)16(9-12)21-17-10-13(11-19)6-8-15(17)20/h5-10H,20H2,1-4H3. The van der Waals surface area contributed by atoms with Crippen molar-refractivity contribution in [3.05, 3.63) is 53.1 Å². The van der Waals surface area contributed by atoms with E-state index in [4.69, 9.17) is 15.7 Å². The minimum atomic E-state index is -0.0371. The van der Waals surface area contributed by atoms with Crippen LogP contribution in [0.4, 0.5) is 5.69 Å². The maximum Gasteiger partial charge on any atom is 0.151 e. The van der Waals surface area contributed by atoms with E-state index in [-0.39, 0.29) is 5.41 Å². The first-order valence-electron chi connectivity index (χ1n) is 6.90. The quantitative estimate of drug-likeness (QED) is 0.822. The fraction of sp³-hybridized carbons (Fsp3) is 0.278. The zero-order valence-electron chi connectivity index (χ0n) is 12.9. The number of rotatable bonds is 2. The Morgan fingerprint density at radius 1 is 1.05 bits per heavy atom. The highest BCUT2D eigenvalue weighted by Crippen LogP contribution is 2.36. The number of ether oxygens (including phenoxy) is 1. The Labute approximate surface area is 126 Å². The summed E-state index contributed by atoms with van der Waals surface area (Å²) >= 11 is 0. The molecule has 0 spiro atoms. The molecular weight excluding hydrogens is 260 g/mol. The van der Waals surface area contributed by atoms with Gasteiger partial charge in [-0.15, -0.1) is 0 Å². The number of nitriles is 1. The zero-order chi connectivity index (χ0) is 15.6. The van der Waals surface area contributed by atoms with Crippen molar-refractivity contribution in [2.75, 3.05) is 5.73 Å². The van der Waals surface area contributed by atoms with Crippen molar-refractivity contribution in [1.29, 1.82) is 5.26 Å². The molecule has 0 aliphatic heterocycles. The van der Waals surface area contributed by atoms with Gasteiger partial charge in [-0.25, -0.2) is 0 Å². The van der Waals surface area contributed by atoms with Gasteiger partial charge in [-0.2, -0.15) is 5.26 Å². The van der Waals surface area contributed by atoms with E-state index in [0.717, 1.165) is 16.9 Å². The molecule has 0 saturated heterocycles.